The van der Waals surface area contributed by atoms with Crippen molar-refractivity contribution in [1.82, 2.24) is 20.2 Å². The highest BCUT2D eigenvalue weighted by atomic mass is 16.1. The van der Waals surface area contributed by atoms with Crippen molar-refractivity contribution in [1.29, 1.82) is 0 Å². The minimum Gasteiger partial charge on any atom is -0.361 e. The number of nitrogens with zero attached hydrogens (tertiary/aromatic N) is 2. The second-order valence-electron chi connectivity index (χ2n) is 6.88. The third kappa shape index (κ3) is 3.73. The average molecular weight is 337 g/mol. The number of nitrogens with one attached hydrogen (secondary N) is 3. The minimum atomic E-state index is -0.105. The molecule has 1 aliphatic rings. The second-order valence-corrected chi connectivity index (χ2v) is 6.88. The molecule has 1 aromatic carbocycles. The van der Waals surface area contributed by atoms with E-state index in [1.165, 1.54) is 25.7 Å². The number of hydrogen-bond donors (Lipinski definition) is 3. The Balaban J connectivity index is 1.33. The fourth-order valence-corrected chi connectivity index (χ4v) is 3.72. The van der Waals surface area contributed by atoms with Crippen LogP contribution in [-0.2, 0) is 17.6 Å². The lowest BCUT2D eigenvalue weighted by Crippen LogP contribution is -2.15. The molecule has 3 aromatic rings. The normalized spacial score (nSPS) is 15.0. The van der Waals surface area contributed by atoms with Crippen molar-refractivity contribution in [2.45, 2.75) is 44.9 Å². The maximum atomic E-state index is 12.3. The van der Waals surface area contributed by atoms with Crippen molar-refractivity contribution in [3.8, 4) is 0 Å². The van der Waals surface area contributed by atoms with Gasteiger partial charge in [-0.2, -0.15) is 4.98 Å². The van der Waals surface area contributed by atoms with E-state index in [9.17, 15) is 4.79 Å². The molecule has 1 fully saturated rings. The Kier molecular flexibility index (Phi) is 4.50. The molecule has 2 heterocycles. The first-order valence-electron chi connectivity index (χ1n) is 9.04. The van der Waals surface area contributed by atoms with Crippen LogP contribution in [0.5, 0.6) is 0 Å². The van der Waals surface area contributed by atoms with Crippen LogP contribution in [0.15, 0.2) is 30.5 Å². The van der Waals surface area contributed by atoms with Gasteiger partial charge in [0.15, 0.2) is 0 Å². The zero-order valence-electron chi connectivity index (χ0n) is 14.2. The average Bonchev–Trinajstić information content (AvgIpc) is 3.35. The van der Waals surface area contributed by atoms with Crippen molar-refractivity contribution >= 4 is 22.8 Å². The van der Waals surface area contributed by atoms with Gasteiger partial charge in [0.2, 0.25) is 11.9 Å². The number of benzene rings is 1. The molecule has 4 rings (SSSR count). The van der Waals surface area contributed by atoms with Crippen LogP contribution in [0.25, 0.3) is 10.9 Å². The number of fused-ring (bicyclic) bond motifs is 1. The molecular weight excluding hydrogens is 314 g/mol. The summed E-state index contributed by atoms with van der Waals surface area (Å²) in [4.78, 5) is 19.9. The Bertz CT molecular complexity index is 859. The maximum Gasteiger partial charge on any atom is 0.248 e. The number of carbonyl (C=O) groups excluding carboxylic acids is 1. The summed E-state index contributed by atoms with van der Waals surface area (Å²) in [5.41, 5.74) is 2.02. The number of aryl methyl sites for hydroxylation is 1. The van der Waals surface area contributed by atoms with Crippen LogP contribution in [0, 0.1) is 5.92 Å². The predicted octanol–water partition coefficient (Wildman–Crippen LogP) is 3.59. The highest BCUT2D eigenvalue weighted by molar-refractivity contribution is 5.94. The smallest absolute Gasteiger partial charge is 0.248 e. The molecule has 0 spiro atoms. The lowest BCUT2D eigenvalue weighted by Gasteiger charge is -2.05. The van der Waals surface area contributed by atoms with Crippen LogP contribution in [-0.4, -0.2) is 26.1 Å². The summed E-state index contributed by atoms with van der Waals surface area (Å²) in [7, 11) is 0. The van der Waals surface area contributed by atoms with Crippen LogP contribution in [0.3, 0.4) is 0 Å². The number of aromatic nitrogens is 4. The van der Waals surface area contributed by atoms with Gasteiger partial charge in [0.1, 0.15) is 5.82 Å². The van der Waals surface area contributed by atoms with Crippen molar-refractivity contribution in [3.05, 3.63) is 41.9 Å². The zero-order valence-corrected chi connectivity index (χ0v) is 14.2. The van der Waals surface area contributed by atoms with Gasteiger partial charge >= 0.3 is 0 Å². The summed E-state index contributed by atoms with van der Waals surface area (Å²) in [6.07, 6.45) is 9.62. The van der Waals surface area contributed by atoms with Crippen LogP contribution >= 0.6 is 0 Å². The lowest BCUT2D eigenvalue weighted by molar-refractivity contribution is -0.115. The Morgan fingerprint density at radius 2 is 2.08 bits per heavy atom. The van der Waals surface area contributed by atoms with Crippen LogP contribution in [0.4, 0.5) is 5.95 Å². The van der Waals surface area contributed by atoms with E-state index in [0.29, 0.717) is 12.4 Å². The molecule has 6 nitrogen and oxygen atoms in total. The number of H-pyrrole nitrogens is 2. The fourth-order valence-electron chi connectivity index (χ4n) is 3.72. The molecule has 2 aromatic heterocycles. The van der Waals surface area contributed by atoms with E-state index >= 15 is 0 Å². The quantitative estimate of drug-likeness (QED) is 0.642. The molecule has 0 radical (unpaired) electrons. The molecule has 3 N–H and O–H groups in total. The third-order valence-corrected chi connectivity index (χ3v) is 5.07. The van der Waals surface area contributed by atoms with E-state index in [1.807, 2.05) is 30.5 Å². The van der Waals surface area contributed by atoms with Crippen LogP contribution < -0.4 is 5.32 Å². The minimum absolute atomic E-state index is 0.105. The van der Waals surface area contributed by atoms with E-state index < -0.39 is 0 Å². The van der Waals surface area contributed by atoms with Crippen molar-refractivity contribution in [2.24, 2.45) is 5.92 Å². The van der Waals surface area contributed by atoms with Crippen molar-refractivity contribution < 1.29 is 4.79 Å². The number of anilines is 1. The summed E-state index contributed by atoms with van der Waals surface area (Å²) < 4.78 is 0. The SMILES string of the molecule is O=C(Cc1c[nH]c2ccccc12)Nc1n[nH]c(CCC2CCCC2)n1. The van der Waals surface area contributed by atoms with Gasteiger partial charge in [0.25, 0.3) is 0 Å². The van der Waals surface area contributed by atoms with E-state index in [2.05, 4.69) is 25.5 Å². The van der Waals surface area contributed by atoms with E-state index in [4.69, 9.17) is 0 Å². The van der Waals surface area contributed by atoms with Gasteiger partial charge in [0, 0.05) is 23.5 Å². The first kappa shape index (κ1) is 15.9. The molecule has 0 saturated heterocycles. The summed E-state index contributed by atoms with van der Waals surface area (Å²) in [5, 5.41) is 10.9. The predicted molar refractivity (Wildman–Crippen MR) is 97.3 cm³/mol. The van der Waals surface area contributed by atoms with Gasteiger partial charge in [-0.1, -0.05) is 43.9 Å². The number of carbonyl (C=O) groups is 1. The van der Waals surface area contributed by atoms with Crippen LogP contribution in [0.2, 0.25) is 0 Å². The third-order valence-electron chi connectivity index (χ3n) is 5.07. The molecule has 1 saturated carbocycles. The number of aromatic amines is 2. The fraction of sp³-hybridized carbons (Fsp3) is 0.421. The summed E-state index contributed by atoms with van der Waals surface area (Å²) in [6, 6.07) is 7.97. The van der Waals surface area contributed by atoms with Gasteiger partial charge in [0.05, 0.1) is 6.42 Å². The molecule has 0 unspecified atom stereocenters. The van der Waals surface area contributed by atoms with Gasteiger partial charge in [-0.05, 0) is 24.0 Å². The number of rotatable bonds is 6. The standard InChI is InChI=1S/C19H23N5O/c25-18(11-14-12-20-16-8-4-3-7-15(14)16)22-19-21-17(23-24-19)10-9-13-5-1-2-6-13/h3-4,7-8,12-13,20H,1-2,5-6,9-11H2,(H2,21,22,23,24,25). The van der Waals surface area contributed by atoms with Crippen molar-refractivity contribution in [2.75, 3.05) is 5.32 Å². The number of para-hydroxylation sites is 1. The molecule has 0 aliphatic heterocycles. The second kappa shape index (κ2) is 7.09. The first-order chi connectivity index (χ1) is 12.3. The highest BCUT2D eigenvalue weighted by Gasteiger charge is 2.16. The van der Waals surface area contributed by atoms with Crippen LogP contribution in [0.1, 0.15) is 43.5 Å². The molecule has 0 atom stereocenters. The number of amides is 1. The molecule has 130 valence electrons. The first-order valence-corrected chi connectivity index (χ1v) is 9.04. The molecule has 1 amide bonds. The number of hydrogen-bond acceptors (Lipinski definition) is 3. The Hall–Kier alpha value is -2.63. The molecule has 1 aliphatic carbocycles. The Morgan fingerprint density at radius 1 is 1.24 bits per heavy atom. The molecule has 25 heavy (non-hydrogen) atoms. The molecule has 6 heteroatoms. The Labute approximate surface area is 146 Å². The zero-order chi connectivity index (χ0) is 17.1. The lowest BCUT2D eigenvalue weighted by atomic mass is 10.0. The Morgan fingerprint density at radius 3 is 2.96 bits per heavy atom. The van der Waals surface area contributed by atoms with Gasteiger partial charge in [-0.3, -0.25) is 15.2 Å². The van der Waals surface area contributed by atoms with E-state index in [1.54, 1.807) is 0 Å². The topological polar surface area (TPSA) is 86.5 Å². The summed E-state index contributed by atoms with van der Waals surface area (Å²) >= 11 is 0. The largest absolute Gasteiger partial charge is 0.361 e. The molecule has 0 bridgehead atoms. The molecular formula is C19H23N5O. The summed E-state index contributed by atoms with van der Waals surface area (Å²) in [5.74, 6) is 1.94. The van der Waals surface area contributed by atoms with Crippen molar-refractivity contribution in [3.63, 3.8) is 0 Å². The van der Waals surface area contributed by atoms with E-state index in [-0.39, 0.29) is 5.91 Å². The van der Waals surface area contributed by atoms with Gasteiger partial charge < -0.3 is 4.98 Å². The van der Waals surface area contributed by atoms with E-state index in [0.717, 1.165) is 41.1 Å². The maximum absolute atomic E-state index is 12.3. The highest BCUT2D eigenvalue weighted by Crippen LogP contribution is 2.28. The summed E-state index contributed by atoms with van der Waals surface area (Å²) in [6.45, 7) is 0. The van der Waals surface area contributed by atoms with Gasteiger partial charge in [-0.25, -0.2) is 0 Å². The van der Waals surface area contributed by atoms with Gasteiger partial charge in [-0.15, -0.1) is 5.10 Å². The monoisotopic (exact) mass is 337 g/mol.